The van der Waals surface area contributed by atoms with Crippen molar-refractivity contribution in [3.8, 4) is 11.5 Å². The number of alkyl halides is 2. The van der Waals surface area contributed by atoms with Crippen molar-refractivity contribution in [3.63, 3.8) is 0 Å². The van der Waals surface area contributed by atoms with Crippen molar-refractivity contribution < 1.29 is 27.4 Å². The van der Waals surface area contributed by atoms with Crippen LogP contribution in [0.5, 0.6) is 11.5 Å². The molecule has 4 aromatic rings. The third-order valence-corrected chi connectivity index (χ3v) is 7.86. The predicted molar refractivity (Wildman–Crippen MR) is 156 cm³/mol. The van der Waals surface area contributed by atoms with Crippen molar-refractivity contribution in [2.45, 2.75) is 38.1 Å². The standard InChI is InChI=1S/C31H29ClF3N3O5/c32-26-4-2-1-3-21(26)18-42-23-7-5-20(6-8-23)17-37-30(40)25-13-29(43-24(15-33)16-34)27(35)14-28(25)38(31(37)41)22-9-11-36(19-39)12-10-22/h1-8,13-14,19,22,24H,9-12,15-18H2. The van der Waals surface area contributed by atoms with Crippen LogP contribution in [0.2, 0.25) is 5.02 Å². The van der Waals surface area contributed by atoms with E-state index >= 15 is 4.39 Å². The fourth-order valence-corrected chi connectivity index (χ4v) is 5.34. The van der Waals surface area contributed by atoms with Crippen molar-refractivity contribution in [1.82, 2.24) is 14.0 Å². The summed E-state index contributed by atoms with van der Waals surface area (Å²) in [6, 6.07) is 15.8. The van der Waals surface area contributed by atoms with E-state index < -0.39 is 48.3 Å². The van der Waals surface area contributed by atoms with Gasteiger partial charge in [-0.15, -0.1) is 0 Å². The number of halogens is 4. The molecule has 0 unspecified atom stereocenters. The van der Waals surface area contributed by atoms with E-state index in [1.165, 1.54) is 4.57 Å². The van der Waals surface area contributed by atoms with Gasteiger partial charge in [0.25, 0.3) is 5.56 Å². The van der Waals surface area contributed by atoms with E-state index in [-0.39, 0.29) is 24.1 Å². The molecule has 0 atom stereocenters. The van der Waals surface area contributed by atoms with Crippen LogP contribution in [0.3, 0.4) is 0 Å². The highest BCUT2D eigenvalue weighted by Gasteiger charge is 2.26. The number of amides is 1. The number of likely N-dealkylation sites (tertiary alicyclic amines) is 1. The minimum atomic E-state index is -1.54. The molecular formula is C31H29ClF3N3O5. The monoisotopic (exact) mass is 615 g/mol. The highest BCUT2D eigenvalue weighted by Crippen LogP contribution is 2.28. The van der Waals surface area contributed by atoms with Crippen LogP contribution in [0.15, 0.2) is 70.3 Å². The van der Waals surface area contributed by atoms with Crippen LogP contribution in [-0.4, -0.2) is 53.0 Å². The van der Waals surface area contributed by atoms with Crippen molar-refractivity contribution in [3.05, 3.63) is 103 Å². The highest BCUT2D eigenvalue weighted by atomic mass is 35.5. The molecule has 0 bridgehead atoms. The van der Waals surface area contributed by atoms with Crippen LogP contribution >= 0.6 is 11.6 Å². The molecule has 43 heavy (non-hydrogen) atoms. The SMILES string of the molecule is O=CN1CCC(n2c(=O)n(Cc3ccc(OCc4ccccc4Cl)cc3)c(=O)c3cc(OC(CF)CF)c(F)cc32)CC1. The Balaban J connectivity index is 1.51. The average molecular weight is 616 g/mol. The maximum Gasteiger partial charge on any atom is 0.332 e. The summed E-state index contributed by atoms with van der Waals surface area (Å²) in [6.45, 7) is -1.46. The maximum absolute atomic E-state index is 15.1. The van der Waals surface area contributed by atoms with Gasteiger partial charge in [-0.2, -0.15) is 0 Å². The Hall–Kier alpha value is -4.25. The quantitative estimate of drug-likeness (QED) is 0.220. The number of ether oxygens (including phenoxy) is 2. The zero-order valence-electron chi connectivity index (χ0n) is 23.1. The molecule has 0 saturated carbocycles. The van der Waals surface area contributed by atoms with E-state index in [4.69, 9.17) is 21.1 Å². The summed E-state index contributed by atoms with van der Waals surface area (Å²) >= 11 is 6.19. The number of fused-ring (bicyclic) bond motifs is 1. The van der Waals surface area contributed by atoms with Gasteiger partial charge in [-0.25, -0.2) is 18.0 Å². The number of hydrogen-bond donors (Lipinski definition) is 0. The van der Waals surface area contributed by atoms with Gasteiger partial charge in [0.15, 0.2) is 17.7 Å². The van der Waals surface area contributed by atoms with Gasteiger partial charge in [-0.05, 0) is 42.7 Å². The molecule has 0 N–H and O–H groups in total. The first-order chi connectivity index (χ1) is 20.8. The Morgan fingerprint density at radius 2 is 1.70 bits per heavy atom. The predicted octanol–water partition coefficient (Wildman–Crippen LogP) is 5.06. The van der Waals surface area contributed by atoms with E-state index in [9.17, 15) is 23.2 Å². The van der Waals surface area contributed by atoms with Gasteiger partial charge in [0.2, 0.25) is 6.41 Å². The second-order valence-corrected chi connectivity index (χ2v) is 10.7. The van der Waals surface area contributed by atoms with Crippen LogP contribution < -0.4 is 20.7 Å². The number of carbonyl (C=O) groups is 1. The van der Waals surface area contributed by atoms with E-state index in [1.807, 2.05) is 18.2 Å². The van der Waals surface area contributed by atoms with E-state index in [0.29, 0.717) is 42.3 Å². The summed E-state index contributed by atoms with van der Waals surface area (Å²) in [5.41, 5.74) is 0.141. The summed E-state index contributed by atoms with van der Waals surface area (Å²) in [4.78, 5) is 40.3. The lowest BCUT2D eigenvalue weighted by atomic mass is 10.0. The third kappa shape index (κ3) is 6.56. The van der Waals surface area contributed by atoms with Gasteiger partial charge in [0, 0.05) is 35.8 Å². The smallest absolute Gasteiger partial charge is 0.332 e. The summed E-state index contributed by atoms with van der Waals surface area (Å²) in [5.74, 6) is -0.888. The largest absolute Gasteiger partial charge is 0.489 e. The van der Waals surface area contributed by atoms with Gasteiger partial charge in [-0.1, -0.05) is 41.9 Å². The fourth-order valence-electron chi connectivity index (χ4n) is 5.14. The van der Waals surface area contributed by atoms with Gasteiger partial charge >= 0.3 is 5.69 Å². The molecule has 3 aromatic carbocycles. The molecule has 5 rings (SSSR count). The molecule has 0 radical (unpaired) electrons. The molecule has 1 aliphatic rings. The van der Waals surface area contributed by atoms with Gasteiger partial charge < -0.3 is 14.4 Å². The number of hydrogen-bond acceptors (Lipinski definition) is 5. The topological polar surface area (TPSA) is 82.8 Å². The maximum atomic E-state index is 15.1. The molecule has 8 nitrogen and oxygen atoms in total. The molecular weight excluding hydrogens is 587 g/mol. The minimum absolute atomic E-state index is 0.0371. The van der Waals surface area contributed by atoms with Crippen LogP contribution in [0.4, 0.5) is 13.2 Å². The van der Waals surface area contributed by atoms with E-state index in [1.54, 1.807) is 35.2 Å². The summed E-state index contributed by atoms with van der Waals surface area (Å²) in [6.07, 6.45) is 0.0192. The zero-order chi connectivity index (χ0) is 30.5. The first-order valence-electron chi connectivity index (χ1n) is 13.7. The molecule has 0 spiro atoms. The average Bonchev–Trinajstić information content (AvgIpc) is 3.03. The molecule has 1 fully saturated rings. The summed E-state index contributed by atoms with van der Waals surface area (Å²) in [7, 11) is 0. The van der Waals surface area contributed by atoms with Crippen LogP contribution in [0.1, 0.15) is 30.0 Å². The lowest BCUT2D eigenvalue weighted by molar-refractivity contribution is -0.119. The molecule has 2 heterocycles. The Labute approximate surface area is 249 Å². The van der Waals surface area contributed by atoms with Gasteiger partial charge in [-0.3, -0.25) is 18.7 Å². The van der Waals surface area contributed by atoms with Crippen molar-refractivity contribution in [1.29, 1.82) is 0 Å². The number of aromatic nitrogens is 2. The minimum Gasteiger partial charge on any atom is -0.489 e. The second-order valence-electron chi connectivity index (χ2n) is 10.3. The molecule has 1 saturated heterocycles. The fraction of sp³-hybridized carbons (Fsp3) is 0.323. The Morgan fingerprint density at radius 3 is 2.35 bits per heavy atom. The highest BCUT2D eigenvalue weighted by molar-refractivity contribution is 6.31. The second kappa shape index (κ2) is 13.4. The summed E-state index contributed by atoms with van der Waals surface area (Å²) < 4.78 is 54.7. The normalized spacial score (nSPS) is 13.9. The molecule has 1 aromatic heterocycles. The Kier molecular flexibility index (Phi) is 9.40. The van der Waals surface area contributed by atoms with Crippen molar-refractivity contribution in [2.75, 3.05) is 26.4 Å². The molecule has 226 valence electrons. The molecule has 1 aliphatic heterocycles. The van der Waals surface area contributed by atoms with E-state index in [2.05, 4.69) is 0 Å². The van der Waals surface area contributed by atoms with Gasteiger partial charge in [0.05, 0.1) is 17.4 Å². The summed E-state index contributed by atoms with van der Waals surface area (Å²) in [5, 5.41) is 0.547. The van der Waals surface area contributed by atoms with Crippen molar-refractivity contribution >= 4 is 28.9 Å². The molecule has 0 aliphatic carbocycles. The number of nitrogens with zero attached hydrogens (tertiary/aromatic N) is 3. The van der Waals surface area contributed by atoms with Crippen LogP contribution in [0.25, 0.3) is 10.9 Å². The lowest BCUT2D eigenvalue weighted by Gasteiger charge is -2.31. The van der Waals surface area contributed by atoms with Crippen LogP contribution in [-0.2, 0) is 17.9 Å². The number of carbonyl (C=O) groups excluding carboxylic acids is 1. The Bertz CT molecular complexity index is 1720. The molecule has 1 amide bonds. The Morgan fingerprint density at radius 1 is 1.00 bits per heavy atom. The van der Waals surface area contributed by atoms with Crippen LogP contribution in [0, 0.1) is 5.82 Å². The number of rotatable bonds is 11. The molecule has 12 heteroatoms. The van der Waals surface area contributed by atoms with Crippen molar-refractivity contribution in [2.24, 2.45) is 0 Å². The first-order valence-corrected chi connectivity index (χ1v) is 14.1. The first kappa shape index (κ1) is 30.2. The van der Waals surface area contributed by atoms with E-state index in [0.717, 1.165) is 28.7 Å². The zero-order valence-corrected chi connectivity index (χ0v) is 23.8. The van der Waals surface area contributed by atoms with Gasteiger partial charge in [0.1, 0.15) is 25.7 Å². The number of piperidine rings is 1. The lowest BCUT2D eigenvalue weighted by Crippen LogP contribution is -2.44. The number of benzene rings is 3. The third-order valence-electron chi connectivity index (χ3n) is 7.49.